The average Bonchev–Trinajstić information content (AvgIpc) is 3.36. The summed E-state index contributed by atoms with van der Waals surface area (Å²) in [7, 11) is 0. The van der Waals surface area contributed by atoms with E-state index in [1.165, 1.54) is 0 Å². The summed E-state index contributed by atoms with van der Waals surface area (Å²) < 4.78 is 3.78. The van der Waals surface area contributed by atoms with Crippen molar-refractivity contribution in [3.63, 3.8) is 0 Å². The molecular formula is C22H21N5O. The first-order chi connectivity index (χ1) is 13.6. The molecule has 0 aliphatic carbocycles. The number of amides is 1. The van der Waals surface area contributed by atoms with Crippen LogP contribution >= 0.6 is 0 Å². The Labute approximate surface area is 163 Å². The molecule has 0 aliphatic heterocycles. The molecule has 140 valence electrons. The van der Waals surface area contributed by atoms with Gasteiger partial charge in [0.1, 0.15) is 0 Å². The molecule has 1 aromatic carbocycles. The Kier molecular flexibility index (Phi) is 4.76. The van der Waals surface area contributed by atoms with Crippen molar-refractivity contribution in [1.82, 2.24) is 24.6 Å². The molecule has 0 unspecified atom stereocenters. The van der Waals surface area contributed by atoms with E-state index in [1.54, 1.807) is 6.20 Å². The molecule has 6 nitrogen and oxygen atoms in total. The van der Waals surface area contributed by atoms with Gasteiger partial charge in [-0.1, -0.05) is 12.1 Å². The number of nitrogens with zero attached hydrogens (tertiary/aromatic N) is 4. The van der Waals surface area contributed by atoms with Crippen molar-refractivity contribution < 1.29 is 4.79 Å². The van der Waals surface area contributed by atoms with E-state index < -0.39 is 0 Å². The number of aryl methyl sites for hydroxylation is 2. The van der Waals surface area contributed by atoms with Gasteiger partial charge in [0.05, 0.1) is 5.69 Å². The van der Waals surface area contributed by atoms with Crippen LogP contribution in [0.25, 0.3) is 11.5 Å². The van der Waals surface area contributed by atoms with Gasteiger partial charge < -0.3 is 9.88 Å². The van der Waals surface area contributed by atoms with Gasteiger partial charge in [-0.15, -0.1) is 0 Å². The summed E-state index contributed by atoms with van der Waals surface area (Å²) in [6.07, 6.45) is 5.67. The molecule has 4 rings (SSSR count). The van der Waals surface area contributed by atoms with Crippen LogP contribution in [0.15, 0.2) is 73.2 Å². The zero-order chi connectivity index (χ0) is 19.5. The first kappa shape index (κ1) is 17.7. The summed E-state index contributed by atoms with van der Waals surface area (Å²) >= 11 is 0. The highest BCUT2D eigenvalue weighted by Gasteiger charge is 2.08. The third kappa shape index (κ3) is 3.71. The fraction of sp³-hybridized carbons (Fsp3) is 0.136. The topological polar surface area (TPSA) is 64.7 Å². The second kappa shape index (κ2) is 7.52. The maximum Gasteiger partial charge on any atom is 0.251 e. The third-order valence-electron chi connectivity index (χ3n) is 4.50. The third-order valence-corrected chi connectivity index (χ3v) is 4.50. The summed E-state index contributed by atoms with van der Waals surface area (Å²) in [5, 5.41) is 7.39. The van der Waals surface area contributed by atoms with E-state index in [0.717, 1.165) is 28.5 Å². The number of benzene rings is 1. The summed E-state index contributed by atoms with van der Waals surface area (Å²) in [5.74, 6) is 0.650. The fourth-order valence-electron chi connectivity index (χ4n) is 3.11. The Morgan fingerprint density at radius 1 is 1.04 bits per heavy atom. The van der Waals surface area contributed by atoms with Gasteiger partial charge in [-0.3, -0.25) is 4.79 Å². The van der Waals surface area contributed by atoms with Gasteiger partial charge in [0.2, 0.25) is 0 Å². The molecule has 1 N–H and O–H groups in total. The molecule has 4 aromatic rings. The molecule has 0 atom stereocenters. The minimum atomic E-state index is -0.114. The number of pyridine rings is 1. The van der Waals surface area contributed by atoms with Crippen LogP contribution in [0.2, 0.25) is 0 Å². The molecule has 3 aromatic heterocycles. The second-order valence-electron chi connectivity index (χ2n) is 6.69. The molecule has 0 fully saturated rings. The molecule has 0 saturated heterocycles. The van der Waals surface area contributed by atoms with Crippen molar-refractivity contribution in [2.75, 3.05) is 0 Å². The van der Waals surface area contributed by atoms with Crippen LogP contribution in [0.3, 0.4) is 0 Å². The van der Waals surface area contributed by atoms with Gasteiger partial charge in [0.15, 0.2) is 5.82 Å². The zero-order valence-electron chi connectivity index (χ0n) is 15.8. The van der Waals surface area contributed by atoms with Gasteiger partial charge in [-0.05, 0) is 61.9 Å². The first-order valence-corrected chi connectivity index (χ1v) is 9.10. The van der Waals surface area contributed by atoms with Crippen molar-refractivity contribution in [3.8, 4) is 11.5 Å². The van der Waals surface area contributed by atoms with Gasteiger partial charge in [-0.2, -0.15) is 5.10 Å². The van der Waals surface area contributed by atoms with E-state index in [1.807, 2.05) is 90.1 Å². The van der Waals surface area contributed by atoms with Crippen LogP contribution in [0, 0.1) is 13.8 Å². The molecular weight excluding hydrogens is 350 g/mol. The smallest absolute Gasteiger partial charge is 0.251 e. The molecule has 0 aliphatic rings. The van der Waals surface area contributed by atoms with Crippen LogP contribution in [0.4, 0.5) is 0 Å². The average molecular weight is 371 g/mol. The van der Waals surface area contributed by atoms with Crippen LogP contribution in [0.5, 0.6) is 0 Å². The van der Waals surface area contributed by atoms with Crippen molar-refractivity contribution in [2.45, 2.75) is 20.4 Å². The Hall–Kier alpha value is -3.67. The zero-order valence-corrected chi connectivity index (χ0v) is 15.8. The lowest BCUT2D eigenvalue weighted by atomic mass is 10.2. The van der Waals surface area contributed by atoms with Gasteiger partial charge in [-0.25, -0.2) is 9.67 Å². The van der Waals surface area contributed by atoms with E-state index in [4.69, 9.17) is 0 Å². The number of nitrogens with one attached hydrogen (secondary N) is 1. The fourth-order valence-corrected chi connectivity index (χ4v) is 3.11. The number of rotatable bonds is 5. The lowest BCUT2D eigenvalue weighted by Crippen LogP contribution is -2.23. The predicted molar refractivity (Wildman–Crippen MR) is 108 cm³/mol. The maximum atomic E-state index is 12.5. The number of carbonyl (C=O) groups is 1. The molecule has 0 radical (unpaired) electrons. The largest absolute Gasteiger partial charge is 0.348 e. The SMILES string of the molecule is Cc1cc(C)n(-c2ccc(CNC(=O)c3cccc(-n4cccc4)c3)cn2)n1. The van der Waals surface area contributed by atoms with Crippen LogP contribution in [-0.2, 0) is 6.54 Å². The lowest BCUT2D eigenvalue weighted by Gasteiger charge is -2.09. The first-order valence-electron chi connectivity index (χ1n) is 9.10. The molecule has 28 heavy (non-hydrogen) atoms. The highest BCUT2D eigenvalue weighted by molar-refractivity contribution is 5.94. The summed E-state index contributed by atoms with van der Waals surface area (Å²) in [5.41, 5.74) is 4.50. The number of aromatic nitrogens is 4. The number of hydrogen-bond donors (Lipinski definition) is 1. The van der Waals surface area contributed by atoms with Crippen molar-refractivity contribution in [1.29, 1.82) is 0 Å². The molecule has 0 bridgehead atoms. The Balaban J connectivity index is 1.42. The molecule has 3 heterocycles. The normalized spacial score (nSPS) is 10.8. The van der Waals surface area contributed by atoms with Crippen molar-refractivity contribution in [2.24, 2.45) is 0 Å². The summed E-state index contributed by atoms with van der Waals surface area (Å²) in [6, 6.07) is 17.3. The predicted octanol–water partition coefficient (Wildman–Crippen LogP) is 3.60. The Morgan fingerprint density at radius 2 is 1.86 bits per heavy atom. The van der Waals surface area contributed by atoms with Gasteiger partial charge in [0.25, 0.3) is 5.91 Å². The number of hydrogen-bond acceptors (Lipinski definition) is 3. The van der Waals surface area contributed by atoms with Crippen molar-refractivity contribution >= 4 is 5.91 Å². The molecule has 6 heteroatoms. The van der Waals surface area contributed by atoms with E-state index in [2.05, 4.69) is 15.4 Å². The monoisotopic (exact) mass is 371 g/mol. The van der Waals surface area contributed by atoms with E-state index in [-0.39, 0.29) is 5.91 Å². The van der Waals surface area contributed by atoms with Crippen molar-refractivity contribution in [3.05, 3.63) is 95.7 Å². The summed E-state index contributed by atoms with van der Waals surface area (Å²) in [6.45, 7) is 4.37. The van der Waals surface area contributed by atoms with Gasteiger partial charge >= 0.3 is 0 Å². The van der Waals surface area contributed by atoms with E-state index in [9.17, 15) is 4.79 Å². The molecule has 0 spiro atoms. The quantitative estimate of drug-likeness (QED) is 0.583. The van der Waals surface area contributed by atoms with E-state index >= 15 is 0 Å². The standard InChI is InChI=1S/C22H21N5O/c1-16-12-17(2)27(25-16)21-9-8-18(14-23-21)15-24-22(28)19-6-5-7-20(13-19)26-10-3-4-11-26/h3-14H,15H2,1-2H3,(H,24,28). The summed E-state index contributed by atoms with van der Waals surface area (Å²) in [4.78, 5) is 17.0. The highest BCUT2D eigenvalue weighted by atomic mass is 16.1. The van der Waals surface area contributed by atoms with Gasteiger partial charge in [0, 0.05) is 42.1 Å². The molecule has 1 amide bonds. The number of carbonyl (C=O) groups excluding carboxylic acids is 1. The van der Waals surface area contributed by atoms with E-state index in [0.29, 0.717) is 12.1 Å². The van der Waals surface area contributed by atoms with Crippen LogP contribution in [-0.4, -0.2) is 25.2 Å². The molecule has 0 saturated carbocycles. The Morgan fingerprint density at radius 3 is 2.54 bits per heavy atom. The second-order valence-corrected chi connectivity index (χ2v) is 6.69. The maximum absolute atomic E-state index is 12.5. The van der Waals surface area contributed by atoms with Crippen LogP contribution < -0.4 is 5.32 Å². The highest BCUT2D eigenvalue weighted by Crippen LogP contribution is 2.12. The van der Waals surface area contributed by atoms with Crippen LogP contribution in [0.1, 0.15) is 27.3 Å². The minimum Gasteiger partial charge on any atom is -0.348 e. The lowest BCUT2D eigenvalue weighted by molar-refractivity contribution is 0.0951. The Bertz CT molecular complexity index is 1090. The minimum absolute atomic E-state index is 0.114.